The number of hydrogen-bond acceptors (Lipinski definition) is 6. The van der Waals surface area contributed by atoms with E-state index in [-0.39, 0.29) is 23.7 Å². The molecule has 3 N–H and O–H groups in total. The molecule has 0 saturated heterocycles. The molecular formula is C27H23N5O2. The van der Waals surface area contributed by atoms with Gasteiger partial charge in [0.25, 0.3) is 5.91 Å². The van der Waals surface area contributed by atoms with Crippen LogP contribution in [0.3, 0.4) is 0 Å². The number of anilines is 5. The van der Waals surface area contributed by atoms with Crippen molar-refractivity contribution in [1.82, 2.24) is 9.97 Å². The van der Waals surface area contributed by atoms with Gasteiger partial charge in [0.15, 0.2) is 5.78 Å². The predicted molar refractivity (Wildman–Crippen MR) is 135 cm³/mol. The monoisotopic (exact) mass is 449 g/mol. The van der Waals surface area contributed by atoms with Crippen LogP contribution in [0, 0.1) is 0 Å². The number of aromatic nitrogens is 2. The lowest BCUT2D eigenvalue weighted by molar-refractivity contribution is -0.114. The predicted octanol–water partition coefficient (Wildman–Crippen LogP) is 5.51. The number of ketones is 1. The lowest BCUT2D eigenvalue weighted by Gasteiger charge is -2.14. The summed E-state index contributed by atoms with van der Waals surface area (Å²) in [6.45, 7) is 3.52. The first-order chi connectivity index (χ1) is 16.6. The van der Waals surface area contributed by atoms with E-state index in [1.54, 1.807) is 12.1 Å². The van der Waals surface area contributed by atoms with Crippen LogP contribution in [0.2, 0.25) is 0 Å². The Bertz CT molecular complexity index is 1310. The van der Waals surface area contributed by atoms with Crippen LogP contribution < -0.4 is 16.0 Å². The summed E-state index contributed by atoms with van der Waals surface area (Å²) in [7, 11) is 0. The van der Waals surface area contributed by atoms with Crippen molar-refractivity contribution in [3.63, 3.8) is 0 Å². The van der Waals surface area contributed by atoms with E-state index in [1.165, 1.54) is 12.3 Å². The number of hydrogen-bond donors (Lipinski definition) is 3. The molecule has 1 heterocycles. The van der Waals surface area contributed by atoms with Gasteiger partial charge in [-0.3, -0.25) is 9.59 Å². The molecule has 34 heavy (non-hydrogen) atoms. The van der Waals surface area contributed by atoms with Crippen molar-refractivity contribution in [3.8, 4) is 0 Å². The van der Waals surface area contributed by atoms with E-state index in [1.807, 2.05) is 72.8 Å². The molecule has 7 heteroatoms. The molecular weight excluding hydrogens is 426 g/mol. The molecule has 0 aliphatic rings. The molecule has 4 rings (SSSR count). The van der Waals surface area contributed by atoms with Gasteiger partial charge in [-0.1, -0.05) is 55.1 Å². The number of carbonyl (C=O) groups excluding carboxylic acids is 2. The molecule has 0 fully saturated rings. The molecule has 0 bridgehead atoms. The Morgan fingerprint density at radius 3 is 2.21 bits per heavy atom. The lowest BCUT2D eigenvalue weighted by Crippen LogP contribution is -2.16. The van der Waals surface area contributed by atoms with Crippen LogP contribution in [0.1, 0.15) is 15.9 Å². The molecule has 0 spiro atoms. The van der Waals surface area contributed by atoms with Crippen molar-refractivity contribution in [2.45, 2.75) is 6.42 Å². The molecule has 3 aromatic carbocycles. The van der Waals surface area contributed by atoms with Gasteiger partial charge in [0.05, 0.1) is 0 Å². The highest BCUT2D eigenvalue weighted by molar-refractivity contribution is 6.07. The molecule has 0 radical (unpaired) electrons. The van der Waals surface area contributed by atoms with Gasteiger partial charge in [-0.25, -0.2) is 4.98 Å². The Kier molecular flexibility index (Phi) is 7.05. The summed E-state index contributed by atoms with van der Waals surface area (Å²) in [5.41, 5.74) is 3.26. The highest BCUT2D eigenvalue weighted by Gasteiger charge is 2.16. The summed E-state index contributed by atoms with van der Waals surface area (Å²) >= 11 is 0. The molecule has 1 aromatic heterocycles. The summed E-state index contributed by atoms with van der Waals surface area (Å²) in [6, 6.07) is 26.1. The van der Waals surface area contributed by atoms with Crippen LogP contribution in [0.4, 0.5) is 28.8 Å². The van der Waals surface area contributed by atoms with Gasteiger partial charge in [0.2, 0.25) is 5.95 Å². The number of carbonyl (C=O) groups is 2. The van der Waals surface area contributed by atoms with Crippen molar-refractivity contribution >= 4 is 40.5 Å². The largest absolute Gasteiger partial charge is 0.339 e. The van der Waals surface area contributed by atoms with E-state index in [4.69, 9.17) is 0 Å². The summed E-state index contributed by atoms with van der Waals surface area (Å²) in [5.74, 6) is 0.242. The molecule has 168 valence electrons. The maximum absolute atomic E-state index is 13.0. The van der Waals surface area contributed by atoms with Crippen LogP contribution in [-0.2, 0) is 11.2 Å². The highest BCUT2D eigenvalue weighted by atomic mass is 16.1. The Labute approximate surface area is 197 Å². The van der Waals surface area contributed by atoms with Gasteiger partial charge in [-0.05, 0) is 48.0 Å². The Hall–Kier alpha value is -4.78. The van der Waals surface area contributed by atoms with Gasteiger partial charge in [-0.15, -0.1) is 0 Å². The van der Waals surface area contributed by atoms with Crippen LogP contribution in [0.25, 0.3) is 0 Å². The van der Waals surface area contributed by atoms with Gasteiger partial charge >= 0.3 is 0 Å². The standard InChI is InChI=1S/C27H23N5O2/c1-2-23(33)17-19-10-9-15-22(16-19)29-25-24(26(34)30-20-11-5-3-6-12-20)18-28-27(32-25)31-21-13-7-4-8-14-21/h2-16,18H,1,17H2,(H,30,34)(H2,28,29,31,32). The molecule has 0 aliphatic heterocycles. The Balaban J connectivity index is 1.64. The molecule has 7 nitrogen and oxygen atoms in total. The molecule has 4 aromatic rings. The van der Waals surface area contributed by atoms with Crippen LogP contribution in [0.5, 0.6) is 0 Å². The number of amides is 1. The van der Waals surface area contributed by atoms with Gasteiger partial charge < -0.3 is 16.0 Å². The first kappa shape index (κ1) is 22.4. The fraction of sp³-hybridized carbons (Fsp3) is 0.0370. The average molecular weight is 450 g/mol. The van der Waals surface area contributed by atoms with E-state index in [0.29, 0.717) is 23.1 Å². The maximum Gasteiger partial charge on any atom is 0.261 e. The molecule has 0 unspecified atom stereocenters. The third-order valence-electron chi connectivity index (χ3n) is 4.89. The number of rotatable bonds is 9. The SMILES string of the molecule is C=CC(=O)Cc1cccc(Nc2nc(Nc3ccccc3)ncc2C(=O)Nc2ccccc2)c1. The molecule has 0 saturated carbocycles. The highest BCUT2D eigenvalue weighted by Crippen LogP contribution is 2.23. The number of nitrogens with zero attached hydrogens (tertiary/aromatic N) is 2. The Morgan fingerprint density at radius 1 is 0.824 bits per heavy atom. The zero-order valence-corrected chi connectivity index (χ0v) is 18.4. The van der Waals surface area contributed by atoms with Crippen molar-refractivity contribution in [1.29, 1.82) is 0 Å². The second-order valence-electron chi connectivity index (χ2n) is 7.44. The van der Waals surface area contributed by atoms with E-state index in [9.17, 15) is 9.59 Å². The van der Waals surface area contributed by atoms with Crippen LogP contribution >= 0.6 is 0 Å². The van der Waals surface area contributed by atoms with E-state index in [0.717, 1.165) is 11.3 Å². The topological polar surface area (TPSA) is 96.0 Å². The minimum atomic E-state index is -0.349. The first-order valence-corrected chi connectivity index (χ1v) is 10.7. The number of allylic oxidation sites excluding steroid dienone is 1. The minimum absolute atomic E-state index is 0.0727. The number of benzene rings is 3. The first-order valence-electron chi connectivity index (χ1n) is 10.7. The summed E-state index contributed by atoms with van der Waals surface area (Å²) < 4.78 is 0. The van der Waals surface area contributed by atoms with Gasteiger partial charge in [0.1, 0.15) is 11.4 Å². The summed E-state index contributed by atoms with van der Waals surface area (Å²) in [4.78, 5) is 33.7. The van der Waals surface area contributed by atoms with Gasteiger partial charge in [0, 0.05) is 29.7 Å². The van der Waals surface area contributed by atoms with Crippen LogP contribution in [-0.4, -0.2) is 21.7 Å². The fourth-order valence-electron chi connectivity index (χ4n) is 3.24. The Morgan fingerprint density at radius 2 is 1.50 bits per heavy atom. The second-order valence-corrected chi connectivity index (χ2v) is 7.44. The third-order valence-corrected chi connectivity index (χ3v) is 4.89. The van der Waals surface area contributed by atoms with E-state index in [2.05, 4.69) is 32.5 Å². The minimum Gasteiger partial charge on any atom is -0.339 e. The zero-order valence-electron chi connectivity index (χ0n) is 18.4. The smallest absolute Gasteiger partial charge is 0.261 e. The number of nitrogens with one attached hydrogen (secondary N) is 3. The quantitative estimate of drug-likeness (QED) is 0.292. The lowest BCUT2D eigenvalue weighted by atomic mass is 10.1. The van der Waals surface area contributed by atoms with Crippen molar-refractivity contribution in [2.24, 2.45) is 0 Å². The zero-order chi connectivity index (χ0) is 23.8. The van der Waals surface area contributed by atoms with E-state index < -0.39 is 0 Å². The summed E-state index contributed by atoms with van der Waals surface area (Å²) in [6.07, 6.45) is 3.02. The third kappa shape index (κ3) is 5.92. The normalized spacial score (nSPS) is 10.2. The molecule has 0 aliphatic carbocycles. The fourth-order valence-corrected chi connectivity index (χ4v) is 3.24. The van der Waals surface area contributed by atoms with E-state index >= 15 is 0 Å². The second kappa shape index (κ2) is 10.7. The van der Waals surface area contributed by atoms with Gasteiger partial charge in [-0.2, -0.15) is 4.98 Å². The summed E-state index contributed by atoms with van der Waals surface area (Å²) in [5, 5.41) is 9.21. The molecule has 1 amide bonds. The van der Waals surface area contributed by atoms with Crippen molar-refractivity contribution in [3.05, 3.63) is 115 Å². The van der Waals surface area contributed by atoms with Crippen LogP contribution in [0.15, 0.2) is 104 Å². The number of para-hydroxylation sites is 2. The van der Waals surface area contributed by atoms with Crippen molar-refractivity contribution in [2.75, 3.05) is 16.0 Å². The maximum atomic E-state index is 13.0. The van der Waals surface area contributed by atoms with Crippen molar-refractivity contribution < 1.29 is 9.59 Å². The molecule has 0 atom stereocenters. The average Bonchev–Trinajstić information content (AvgIpc) is 2.85.